The molecule has 5 nitrogen and oxygen atoms in total. The predicted molar refractivity (Wildman–Crippen MR) is 115 cm³/mol. The molecule has 29 heavy (non-hydrogen) atoms. The number of fused-ring (bicyclic) bond motifs is 2. The van der Waals surface area contributed by atoms with Crippen molar-refractivity contribution >= 4 is 33.3 Å². The van der Waals surface area contributed by atoms with Crippen molar-refractivity contribution in [3.05, 3.63) is 64.5 Å². The monoisotopic (exact) mass is 404 g/mol. The summed E-state index contributed by atoms with van der Waals surface area (Å²) >= 11 is 1.39. The van der Waals surface area contributed by atoms with Crippen LogP contribution in [0.25, 0.3) is 22.4 Å². The molecule has 0 spiro atoms. The number of hydrogen-bond acceptors (Lipinski definition) is 5. The summed E-state index contributed by atoms with van der Waals surface area (Å²) in [7, 11) is 1.64. The van der Waals surface area contributed by atoms with Crippen molar-refractivity contribution < 1.29 is 13.9 Å². The molecule has 0 radical (unpaired) electrons. The van der Waals surface area contributed by atoms with Gasteiger partial charge in [0.15, 0.2) is 10.9 Å². The zero-order chi connectivity index (χ0) is 19.8. The first kappa shape index (κ1) is 17.9. The van der Waals surface area contributed by atoms with Gasteiger partial charge >= 0.3 is 0 Å². The summed E-state index contributed by atoms with van der Waals surface area (Å²) in [5, 5.41) is 6.31. The lowest BCUT2D eigenvalue weighted by atomic mass is 9.90. The fourth-order valence-electron chi connectivity index (χ4n) is 3.76. The summed E-state index contributed by atoms with van der Waals surface area (Å²) in [6, 6.07) is 13.6. The molecule has 1 amide bonds. The van der Waals surface area contributed by atoms with E-state index in [0.29, 0.717) is 22.1 Å². The summed E-state index contributed by atoms with van der Waals surface area (Å²) in [5.41, 5.74) is 4.81. The molecule has 0 atom stereocenters. The van der Waals surface area contributed by atoms with Gasteiger partial charge in [-0.15, -0.1) is 11.3 Å². The Morgan fingerprint density at radius 1 is 1.10 bits per heavy atom. The highest BCUT2D eigenvalue weighted by atomic mass is 32.1. The number of methoxy groups -OCH3 is 1. The Morgan fingerprint density at radius 3 is 2.83 bits per heavy atom. The Hall–Kier alpha value is -3.12. The lowest BCUT2D eigenvalue weighted by molar-refractivity contribution is 0.102. The molecular formula is C23H20N2O3S. The SMILES string of the molecule is COc1ccc2oc(-c3csc(NC(=O)c4ccc5c(c4)CCCC5)n3)cc2c1. The number of thiazole rings is 1. The highest BCUT2D eigenvalue weighted by Crippen LogP contribution is 2.32. The van der Waals surface area contributed by atoms with Crippen LogP contribution in [0.4, 0.5) is 5.13 Å². The highest BCUT2D eigenvalue weighted by molar-refractivity contribution is 7.14. The molecule has 6 heteroatoms. The molecule has 2 heterocycles. The average molecular weight is 404 g/mol. The van der Waals surface area contributed by atoms with E-state index in [9.17, 15) is 4.79 Å². The maximum Gasteiger partial charge on any atom is 0.257 e. The van der Waals surface area contributed by atoms with Crippen LogP contribution in [0.15, 0.2) is 52.3 Å². The molecule has 0 unspecified atom stereocenters. The first-order chi connectivity index (χ1) is 14.2. The van der Waals surface area contributed by atoms with E-state index in [1.807, 2.05) is 41.8 Å². The smallest absolute Gasteiger partial charge is 0.257 e. The number of anilines is 1. The maximum absolute atomic E-state index is 12.7. The van der Waals surface area contributed by atoms with Crippen LogP contribution < -0.4 is 10.1 Å². The first-order valence-electron chi connectivity index (χ1n) is 9.66. The average Bonchev–Trinajstić information content (AvgIpc) is 3.39. The fourth-order valence-corrected chi connectivity index (χ4v) is 4.46. The predicted octanol–water partition coefficient (Wildman–Crippen LogP) is 5.70. The fraction of sp³-hybridized carbons (Fsp3) is 0.217. The van der Waals surface area contributed by atoms with Crippen molar-refractivity contribution in [2.75, 3.05) is 12.4 Å². The molecule has 2 aromatic heterocycles. The number of aromatic nitrogens is 1. The van der Waals surface area contributed by atoms with E-state index >= 15 is 0 Å². The molecule has 0 saturated carbocycles. The van der Waals surface area contributed by atoms with Crippen molar-refractivity contribution in [2.24, 2.45) is 0 Å². The van der Waals surface area contributed by atoms with Crippen LogP contribution in [0.2, 0.25) is 0 Å². The number of rotatable bonds is 4. The summed E-state index contributed by atoms with van der Waals surface area (Å²) < 4.78 is 11.2. The molecule has 4 aromatic rings. The Morgan fingerprint density at radius 2 is 1.97 bits per heavy atom. The second kappa shape index (κ2) is 7.37. The summed E-state index contributed by atoms with van der Waals surface area (Å²) in [4.78, 5) is 17.2. The van der Waals surface area contributed by atoms with Gasteiger partial charge in [0.2, 0.25) is 0 Å². The third-order valence-electron chi connectivity index (χ3n) is 5.31. The van der Waals surface area contributed by atoms with E-state index in [2.05, 4.69) is 16.4 Å². The van der Waals surface area contributed by atoms with Crippen LogP contribution in [-0.4, -0.2) is 18.0 Å². The maximum atomic E-state index is 12.7. The van der Waals surface area contributed by atoms with Gasteiger partial charge < -0.3 is 9.15 Å². The van der Waals surface area contributed by atoms with Crippen LogP contribution >= 0.6 is 11.3 Å². The number of ether oxygens (including phenoxy) is 1. The van der Waals surface area contributed by atoms with Crippen molar-refractivity contribution in [1.82, 2.24) is 4.98 Å². The van der Waals surface area contributed by atoms with Crippen LogP contribution in [0.5, 0.6) is 5.75 Å². The van der Waals surface area contributed by atoms with Crippen LogP contribution in [0.3, 0.4) is 0 Å². The van der Waals surface area contributed by atoms with Gasteiger partial charge in [0, 0.05) is 16.3 Å². The summed E-state index contributed by atoms with van der Waals surface area (Å²) in [6.45, 7) is 0. The second-order valence-corrected chi connectivity index (χ2v) is 8.06. The lowest BCUT2D eigenvalue weighted by Gasteiger charge is -2.16. The van der Waals surface area contributed by atoms with Gasteiger partial charge in [0.1, 0.15) is 17.0 Å². The number of nitrogens with one attached hydrogen (secondary N) is 1. The van der Waals surface area contributed by atoms with Crippen molar-refractivity contribution in [3.8, 4) is 17.2 Å². The topological polar surface area (TPSA) is 64.4 Å². The molecule has 1 N–H and O–H groups in total. The Bertz CT molecular complexity index is 1210. The number of aryl methyl sites for hydroxylation is 2. The van der Waals surface area contributed by atoms with Gasteiger partial charge in [-0.1, -0.05) is 6.07 Å². The number of hydrogen-bond donors (Lipinski definition) is 1. The number of furan rings is 1. The Balaban J connectivity index is 1.35. The van der Waals surface area contributed by atoms with E-state index in [1.165, 1.54) is 35.3 Å². The molecule has 146 valence electrons. The van der Waals surface area contributed by atoms with Crippen LogP contribution in [-0.2, 0) is 12.8 Å². The minimum atomic E-state index is -0.131. The highest BCUT2D eigenvalue weighted by Gasteiger charge is 2.15. The Labute approximate surface area is 172 Å². The van der Waals surface area contributed by atoms with E-state index in [0.717, 1.165) is 29.6 Å². The van der Waals surface area contributed by atoms with E-state index in [4.69, 9.17) is 9.15 Å². The second-order valence-electron chi connectivity index (χ2n) is 7.20. The van der Waals surface area contributed by atoms with E-state index in [1.54, 1.807) is 7.11 Å². The quantitative estimate of drug-likeness (QED) is 0.474. The van der Waals surface area contributed by atoms with Gasteiger partial charge in [-0.05, 0) is 73.2 Å². The largest absolute Gasteiger partial charge is 0.497 e. The van der Waals surface area contributed by atoms with E-state index < -0.39 is 0 Å². The minimum Gasteiger partial charge on any atom is -0.497 e. The number of carbonyl (C=O) groups excluding carboxylic acids is 1. The lowest BCUT2D eigenvalue weighted by Crippen LogP contribution is -2.13. The third-order valence-corrected chi connectivity index (χ3v) is 6.07. The number of benzene rings is 2. The van der Waals surface area contributed by atoms with Gasteiger partial charge in [0.05, 0.1) is 7.11 Å². The van der Waals surface area contributed by atoms with Gasteiger partial charge in [-0.25, -0.2) is 4.98 Å². The number of amides is 1. The molecule has 0 aliphatic heterocycles. The van der Waals surface area contributed by atoms with Crippen molar-refractivity contribution in [3.63, 3.8) is 0 Å². The molecule has 0 saturated heterocycles. The zero-order valence-corrected chi connectivity index (χ0v) is 16.8. The molecule has 1 aliphatic rings. The van der Waals surface area contributed by atoms with Gasteiger partial charge in [-0.3, -0.25) is 10.1 Å². The van der Waals surface area contributed by atoms with Crippen LogP contribution in [0, 0.1) is 0 Å². The normalized spacial score (nSPS) is 13.3. The Kier molecular flexibility index (Phi) is 4.56. The molecule has 5 rings (SSSR count). The molecule has 2 aromatic carbocycles. The van der Waals surface area contributed by atoms with Gasteiger partial charge in [-0.2, -0.15) is 0 Å². The van der Waals surface area contributed by atoms with Crippen molar-refractivity contribution in [2.45, 2.75) is 25.7 Å². The molecule has 0 fully saturated rings. The third kappa shape index (κ3) is 3.51. The van der Waals surface area contributed by atoms with Crippen LogP contribution in [0.1, 0.15) is 34.3 Å². The summed E-state index contributed by atoms with van der Waals surface area (Å²) in [6.07, 6.45) is 4.58. The zero-order valence-electron chi connectivity index (χ0n) is 16.0. The molecular weight excluding hydrogens is 384 g/mol. The van der Waals surface area contributed by atoms with Crippen molar-refractivity contribution in [1.29, 1.82) is 0 Å². The molecule has 0 bridgehead atoms. The standard InChI is InChI=1S/C23H20N2O3S/c1-27-18-8-9-20-17(11-18)12-21(28-20)19-13-29-23(24-19)25-22(26)16-7-6-14-4-2-3-5-15(14)10-16/h6-13H,2-5H2,1H3,(H,24,25,26). The van der Waals surface area contributed by atoms with E-state index in [-0.39, 0.29) is 5.91 Å². The summed E-state index contributed by atoms with van der Waals surface area (Å²) in [5.74, 6) is 1.31. The van der Waals surface area contributed by atoms with Gasteiger partial charge in [0.25, 0.3) is 5.91 Å². The minimum absolute atomic E-state index is 0.131. The molecule has 1 aliphatic carbocycles. The number of carbonyl (C=O) groups is 1. The number of nitrogens with zero attached hydrogens (tertiary/aromatic N) is 1. The first-order valence-corrected chi connectivity index (χ1v) is 10.5.